The summed E-state index contributed by atoms with van der Waals surface area (Å²) in [5.41, 5.74) is 12.8. The molecule has 0 aromatic carbocycles. The van der Waals surface area contributed by atoms with Crippen LogP contribution in [0.2, 0.25) is 0 Å². The molecule has 5 N–H and O–H groups in total. The van der Waals surface area contributed by atoms with Crippen molar-refractivity contribution >= 4 is 28.9 Å². The minimum absolute atomic E-state index is 0.168. The molecule has 0 fully saturated rings. The van der Waals surface area contributed by atoms with Crippen LogP contribution in [0.4, 0.5) is 17.6 Å². The summed E-state index contributed by atoms with van der Waals surface area (Å²) < 4.78 is 0. The van der Waals surface area contributed by atoms with Crippen molar-refractivity contribution in [3.05, 3.63) is 22.7 Å². The van der Waals surface area contributed by atoms with Gasteiger partial charge in [-0.05, 0) is 0 Å². The molecule has 0 saturated carbocycles. The average Bonchev–Trinajstić information content (AvgIpc) is 2.65. The minimum Gasteiger partial charge on any atom is -0.383 e. The van der Waals surface area contributed by atoms with Crippen molar-refractivity contribution in [1.29, 1.82) is 0 Å². The fourth-order valence-electron chi connectivity index (χ4n) is 1.08. The minimum atomic E-state index is 0.168. The third-order valence-corrected chi connectivity index (χ3v) is 2.47. The van der Waals surface area contributed by atoms with Crippen LogP contribution in [-0.2, 0) is 6.54 Å². The lowest BCUT2D eigenvalue weighted by Gasteiger charge is -2.04. The summed E-state index contributed by atoms with van der Waals surface area (Å²) in [7, 11) is 0. The molecule has 6 nitrogen and oxygen atoms in total. The van der Waals surface area contributed by atoms with Gasteiger partial charge >= 0.3 is 0 Å². The Kier molecular flexibility index (Phi) is 2.64. The largest absolute Gasteiger partial charge is 0.383 e. The van der Waals surface area contributed by atoms with Crippen LogP contribution in [0.1, 0.15) is 4.88 Å². The van der Waals surface area contributed by atoms with Gasteiger partial charge in [-0.2, -0.15) is 9.97 Å². The van der Waals surface area contributed by atoms with Crippen molar-refractivity contribution in [3.63, 3.8) is 0 Å². The number of nitrogens with two attached hydrogens (primary N) is 2. The zero-order valence-electron chi connectivity index (χ0n) is 7.84. The van der Waals surface area contributed by atoms with E-state index in [-0.39, 0.29) is 5.95 Å². The molecule has 78 valence electrons. The van der Waals surface area contributed by atoms with E-state index < -0.39 is 0 Å². The number of nitrogens with zero attached hydrogens (tertiary/aromatic N) is 3. The van der Waals surface area contributed by atoms with Gasteiger partial charge in [0.1, 0.15) is 11.6 Å². The van der Waals surface area contributed by atoms with Gasteiger partial charge < -0.3 is 16.8 Å². The molecule has 2 aromatic rings. The van der Waals surface area contributed by atoms with E-state index in [0.717, 1.165) is 4.88 Å². The fraction of sp³-hybridized carbons (Fsp3) is 0.125. The van der Waals surface area contributed by atoms with Crippen LogP contribution in [0.25, 0.3) is 0 Å². The Morgan fingerprint density at radius 2 is 2.20 bits per heavy atom. The second-order valence-corrected chi connectivity index (χ2v) is 3.83. The zero-order valence-corrected chi connectivity index (χ0v) is 8.66. The lowest BCUT2D eigenvalue weighted by Crippen LogP contribution is -2.05. The fourth-order valence-corrected chi connectivity index (χ4v) is 1.62. The molecule has 15 heavy (non-hydrogen) atoms. The summed E-state index contributed by atoms with van der Waals surface area (Å²) in [6, 6.07) is 1.64. The van der Waals surface area contributed by atoms with E-state index in [1.807, 2.05) is 0 Å². The number of hydrogen-bond donors (Lipinski definition) is 3. The van der Waals surface area contributed by atoms with E-state index in [2.05, 4.69) is 20.3 Å². The number of nitrogens with one attached hydrogen (secondary N) is 1. The molecule has 0 bridgehead atoms. The van der Waals surface area contributed by atoms with Crippen molar-refractivity contribution in [2.24, 2.45) is 0 Å². The molecular formula is C8H10N6S. The molecule has 0 saturated heterocycles. The third kappa shape index (κ3) is 2.53. The van der Waals surface area contributed by atoms with Gasteiger partial charge in [-0.1, -0.05) is 0 Å². The Balaban J connectivity index is 2.05. The molecular weight excluding hydrogens is 212 g/mol. The number of nitrogen functional groups attached to an aromatic ring is 2. The van der Waals surface area contributed by atoms with Gasteiger partial charge in [-0.15, -0.1) is 11.3 Å². The van der Waals surface area contributed by atoms with Gasteiger partial charge in [0, 0.05) is 17.1 Å². The Labute approximate surface area is 90.4 Å². The van der Waals surface area contributed by atoms with Gasteiger partial charge in [0.2, 0.25) is 5.95 Å². The third-order valence-electron chi connectivity index (χ3n) is 1.69. The van der Waals surface area contributed by atoms with Gasteiger partial charge in [-0.25, -0.2) is 0 Å². The van der Waals surface area contributed by atoms with Crippen molar-refractivity contribution in [1.82, 2.24) is 15.0 Å². The first-order valence-electron chi connectivity index (χ1n) is 4.25. The van der Waals surface area contributed by atoms with Gasteiger partial charge in [0.05, 0.1) is 12.1 Å². The Bertz CT molecular complexity index is 420. The van der Waals surface area contributed by atoms with Crippen molar-refractivity contribution in [2.75, 3.05) is 16.8 Å². The summed E-state index contributed by atoms with van der Waals surface area (Å²) in [6.07, 6.45) is 1.80. The normalized spacial score (nSPS) is 10.1. The molecule has 0 aliphatic carbocycles. The summed E-state index contributed by atoms with van der Waals surface area (Å²) in [5.74, 6) is 1.14. The van der Waals surface area contributed by atoms with Crippen LogP contribution in [0, 0.1) is 0 Å². The molecule has 2 heterocycles. The maximum atomic E-state index is 5.53. The summed E-state index contributed by atoms with van der Waals surface area (Å²) >= 11 is 1.57. The number of rotatable bonds is 3. The topological polar surface area (TPSA) is 103 Å². The summed E-state index contributed by atoms with van der Waals surface area (Å²) in [6.45, 7) is 0.653. The zero-order chi connectivity index (χ0) is 10.7. The van der Waals surface area contributed by atoms with E-state index in [0.29, 0.717) is 18.2 Å². The lowest BCUT2D eigenvalue weighted by molar-refractivity contribution is 1.11. The van der Waals surface area contributed by atoms with Crippen LogP contribution in [0.3, 0.4) is 0 Å². The number of hydrogen-bond acceptors (Lipinski definition) is 7. The predicted octanol–water partition coefficient (Wildman–Crippen LogP) is 0.710. The highest BCUT2D eigenvalue weighted by Crippen LogP contribution is 2.12. The van der Waals surface area contributed by atoms with Crippen LogP contribution in [0.15, 0.2) is 17.8 Å². The maximum Gasteiger partial charge on any atom is 0.223 e. The highest BCUT2D eigenvalue weighted by atomic mass is 32.1. The molecule has 0 aliphatic heterocycles. The Morgan fingerprint density at radius 3 is 2.87 bits per heavy atom. The van der Waals surface area contributed by atoms with Gasteiger partial charge in [-0.3, -0.25) is 4.98 Å². The van der Waals surface area contributed by atoms with E-state index in [9.17, 15) is 0 Å². The molecule has 0 spiro atoms. The molecule has 7 heteroatoms. The maximum absolute atomic E-state index is 5.53. The summed E-state index contributed by atoms with van der Waals surface area (Å²) in [5, 5.41) is 3.09. The van der Waals surface area contributed by atoms with Crippen LogP contribution >= 0.6 is 11.3 Å². The molecule has 0 aliphatic rings. The number of thiazole rings is 1. The second-order valence-electron chi connectivity index (χ2n) is 2.86. The van der Waals surface area contributed by atoms with Crippen LogP contribution < -0.4 is 16.8 Å². The van der Waals surface area contributed by atoms with Gasteiger partial charge in [0.25, 0.3) is 0 Å². The van der Waals surface area contributed by atoms with Crippen LogP contribution in [-0.4, -0.2) is 15.0 Å². The van der Waals surface area contributed by atoms with E-state index in [1.54, 1.807) is 29.1 Å². The van der Waals surface area contributed by atoms with Crippen molar-refractivity contribution < 1.29 is 0 Å². The highest BCUT2D eigenvalue weighted by Gasteiger charge is 2.00. The average molecular weight is 222 g/mol. The standard InChI is InChI=1S/C8H10N6S/c9-6-1-7(14-8(10)13-6)12-3-5-2-11-4-15-5/h1-2,4H,3H2,(H5,9,10,12,13,14). The molecule has 0 atom stereocenters. The second kappa shape index (κ2) is 4.09. The van der Waals surface area contributed by atoms with Crippen LogP contribution in [0.5, 0.6) is 0 Å². The van der Waals surface area contributed by atoms with E-state index in [1.165, 1.54) is 0 Å². The SMILES string of the molecule is Nc1cc(NCc2cncs2)nc(N)n1. The first-order valence-corrected chi connectivity index (χ1v) is 5.13. The smallest absolute Gasteiger partial charge is 0.223 e. The van der Waals surface area contributed by atoms with Crippen molar-refractivity contribution in [3.8, 4) is 0 Å². The molecule has 2 aromatic heterocycles. The summed E-state index contributed by atoms with van der Waals surface area (Å²) in [4.78, 5) is 12.8. The van der Waals surface area contributed by atoms with E-state index >= 15 is 0 Å². The molecule has 0 radical (unpaired) electrons. The monoisotopic (exact) mass is 222 g/mol. The van der Waals surface area contributed by atoms with Crippen molar-refractivity contribution in [2.45, 2.75) is 6.54 Å². The number of aromatic nitrogens is 3. The molecule has 2 rings (SSSR count). The predicted molar refractivity (Wildman–Crippen MR) is 60.3 cm³/mol. The first kappa shape index (κ1) is 9.66. The number of anilines is 3. The molecule has 0 amide bonds. The lowest BCUT2D eigenvalue weighted by atomic mass is 10.5. The highest BCUT2D eigenvalue weighted by molar-refractivity contribution is 7.09. The molecule has 0 unspecified atom stereocenters. The quantitative estimate of drug-likeness (QED) is 0.706. The van der Waals surface area contributed by atoms with E-state index in [4.69, 9.17) is 11.5 Å². The first-order chi connectivity index (χ1) is 7.24. The van der Waals surface area contributed by atoms with Gasteiger partial charge in [0.15, 0.2) is 0 Å². The Hall–Kier alpha value is -1.89. The Morgan fingerprint density at radius 1 is 1.33 bits per heavy atom.